The lowest BCUT2D eigenvalue weighted by molar-refractivity contribution is -0.127. The zero-order valence-electron chi connectivity index (χ0n) is 16.4. The highest BCUT2D eigenvalue weighted by molar-refractivity contribution is 14.0. The highest BCUT2D eigenvalue weighted by Gasteiger charge is 2.11. The minimum atomic E-state index is -3.01. The number of nitrogens with zero attached hydrogens (tertiary/aromatic N) is 2. The first-order chi connectivity index (χ1) is 12.2. The second-order valence-corrected chi connectivity index (χ2v) is 8.84. The summed E-state index contributed by atoms with van der Waals surface area (Å²) in [6, 6.07) is 9.98. The van der Waals surface area contributed by atoms with Crippen LogP contribution < -0.4 is 10.6 Å². The van der Waals surface area contributed by atoms with Gasteiger partial charge in [0.2, 0.25) is 5.91 Å². The number of hydrogen-bond acceptors (Lipinski definition) is 4. The van der Waals surface area contributed by atoms with Crippen molar-refractivity contribution in [3.05, 3.63) is 35.9 Å². The summed E-state index contributed by atoms with van der Waals surface area (Å²) >= 11 is 0. The Hall–Kier alpha value is -1.36. The Morgan fingerprint density at radius 1 is 1.22 bits per heavy atom. The van der Waals surface area contributed by atoms with Gasteiger partial charge in [0.15, 0.2) is 5.96 Å². The topological polar surface area (TPSA) is 90.9 Å². The first-order valence-corrected chi connectivity index (χ1v) is 10.7. The molecule has 9 heteroatoms. The van der Waals surface area contributed by atoms with Crippen LogP contribution in [-0.4, -0.2) is 70.4 Å². The van der Waals surface area contributed by atoms with Crippen LogP contribution >= 0.6 is 24.0 Å². The molecule has 0 fully saturated rings. The molecule has 0 aliphatic rings. The number of nitrogens with one attached hydrogen (secondary N) is 2. The molecule has 0 saturated carbocycles. The van der Waals surface area contributed by atoms with Gasteiger partial charge in [-0.15, -0.1) is 24.0 Å². The predicted octanol–water partition coefficient (Wildman–Crippen LogP) is 1.29. The highest BCUT2D eigenvalue weighted by Crippen LogP contribution is 1.99. The van der Waals surface area contributed by atoms with E-state index >= 15 is 0 Å². The molecule has 1 aromatic carbocycles. The molecule has 7 nitrogen and oxygen atoms in total. The van der Waals surface area contributed by atoms with Gasteiger partial charge in [0.1, 0.15) is 16.4 Å². The van der Waals surface area contributed by atoms with E-state index in [0.29, 0.717) is 18.9 Å². The summed E-state index contributed by atoms with van der Waals surface area (Å²) in [5.74, 6) is 0.518. The molecule has 154 valence electrons. The molecule has 27 heavy (non-hydrogen) atoms. The van der Waals surface area contributed by atoms with Gasteiger partial charge in [-0.25, -0.2) is 13.4 Å². The van der Waals surface area contributed by atoms with E-state index in [9.17, 15) is 13.2 Å². The van der Waals surface area contributed by atoms with Crippen molar-refractivity contribution >= 4 is 45.7 Å². The van der Waals surface area contributed by atoms with Crippen molar-refractivity contribution < 1.29 is 13.2 Å². The highest BCUT2D eigenvalue weighted by atomic mass is 127. The number of hydrogen-bond donors (Lipinski definition) is 2. The van der Waals surface area contributed by atoms with Gasteiger partial charge >= 0.3 is 0 Å². The van der Waals surface area contributed by atoms with Crippen LogP contribution in [0.15, 0.2) is 35.3 Å². The molecule has 0 spiro atoms. The third-order valence-electron chi connectivity index (χ3n) is 3.72. The summed E-state index contributed by atoms with van der Waals surface area (Å²) in [5.41, 5.74) is 1.20. The van der Waals surface area contributed by atoms with E-state index in [1.54, 1.807) is 14.1 Å². The van der Waals surface area contributed by atoms with Gasteiger partial charge in [-0.3, -0.25) is 4.79 Å². The minimum Gasteiger partial charge on any atom is -0.356 e. The van der Waals surface area contributed by atoms with Gasteiger partial charge in [0.25, 0.3) is 0 Å². The Morgan fingerprint density at radius 2 is 1.85 bits per heavy atom. The number of rotatable bonds is 9. The second-order valence-electron chi connectivity index (χ2n) is 6.58. The first-order valence-electron chi connectivity index (χ1n) is 8.64. The maximum absolute atomic E-state index is 11.8. The number of carbonyl (C=O) groups excluding carboxylic acids is 1. The van der Waals surface area contributed by atoms with Gasteiger partial charge in [-0.2, -0.15) is 0 Å². The van der Waals surface area contributed by atoms with Crippen molar-refractivity contribution in [1.29, 1.82) is 0 Å². The van der Waals surface area contributed by atoms with E-state index in [1.807, 2.05) is 25.1 Å². The van der Waals surface area contributed by atoms with Gasteiger partial charge in [0.05, 0.1) is 5.75 Å². The van der Waals surface area contributed by atoms with Crippen LogP contribution in [0.4, 0.5) is 0 Å². The van der Waals surface area contributed by atoms with Crippen LogP contribution in [0.25, 0.3) is 0 Å². The molecule has 0 aliphatic carbocycles. The fourth-order valence-electron chi connectivity index (χ4n) is 2.11. The number of carbonyl (C=O) groups is 1. The van der Waals surface area contributed by atoms with E-state index < -0.39 is 9.84 Å². The summed E-state index contributed by atoms with van der Waals surface area (Å²) in [5, 5.41) is 6.38. The Kier molecular flexibility index (Phi) is 12.3. The number of benzene rings is 1. The van der Waals surface area contributed by atoms with Crippen molar-refractivity contribution in [3.8, 4) is 0 Å². The SMILES string of the molecule is CC(CCS(C)(=O)=O)NC(=NCC(=O)N(C)C)NCCc1ccccc1.I. The van der Waals surface area contributed by atoms with Crippen molar-refractivity contribution in [1.82, 2.24) is 15.5 Å². The third-order valence-corrected chi connectivity index (χ3v) is 4.70. The Labute approximate surface area is 179 Å². The van der Waals surface area contributed by atoms with Crippen LogP contribution in [0.2, 0.25) is 0 Å². The Morgan fingerprint density at radius 3 is 2.41 bits per heavy atom. The van der Waals surface area contributed by atoms with Gasteiger partial charge in [-0.05, 0) is 25.3 Å². The molecule has 0 aliphatic heterocycles. The molecule has 0 heterocycles. The molecule has 1 unspecified atom stereocenters. The predicted molar refractivity (Wildman–Crippen MR) is 121 cm³/mol. The Balaban J connectivity index is 0.00000676. The number of amides is 1. The van der Waals surface area contributed by atoms with Crippen LogP contribution in [0.3, 0.4) is 0 Å². The third kappa shape index (κ3) is 12.6. The number of guanidine groups is 1. The lowest BCUT2D eigenvalue weighted by Gasteiger charge is -2.18. The maximum atomic E-state index is 11.8. The van der Waals surface area contributed by atoms with Crippen LogP contribution in [0.5, 0.6) is 0 Å². The molecule has 1 rings (SSSR count). The number of likely N-dealkylation sites (N-methyl/N-ethyl adjacent to an activating group) is 1. The van der Waals surface area contributed by atoms with Crippen molar-refractivity contribution in [2.24, 2.45) is 4.99 Å². The van der Waals surface area contributed by atoms with Gasteiger partial charge in [0, 0.05) is 32.9 Å². The fraction of sp³-hybridized carbons (Fsp3) is 0.556. The lowest BCUT2D eigenvalue weighted by Crippen LogP contribution is -2.44. The normalized spacial score (nSPS) is 12.7. The molecule has 0 radical (unpaired) electrons. The van der Waals surface area contributed by atoms with E-state index in [0.717, 1.165) is 6.42 Å². The largest absolute Gasteiger partial charge is 0.356 e. The Bertz CT molecular complexity index is 694. The maximum Gasteiger partial charge on any atom is 0.243 e. The number of aliphatic imine (C=N–C) groups is 1. The summed E-state index contributed by atoms with van der Waals surface area (Å²) in [7, 11) is 0.360. The number of sulfone groups is 1. The smallest absolute Gasteiger partial charge is 0.243 e. The molecule has 1 aromatic rings. The standard InChI is InChI=1S/C18H30N4O3S.HI/c1-15(11-13-26(4,24)25)21-18(20-14-17(23)22(2)3)19-12-10-16-8-6-5-7-9-16;/h5-9,15H,10-14H2,1-4H3,(H2,19,20,21);1H. The first kappa shape index (κ1) is 25.6. The van der Waals surface area contributed by atoms with E-state index in [-0.39, 0.29) is 48.2 Å². The second kappa shape index (κ2) is 12.9. The zero-order valence-corrected chi connectivity index (χ0v) is 19.6. The molecular weight excluding hydrogens is 479 g/mol. The summed E-state index contributed by atoms with van der Waals surface area (Å²) in [6.45, 7) is 2.59. The monoisotopic (exact) mass is 510 g/mol. The average Bonchev–Trinajstić information content (AvgIpc) is 2.57. The molecule has 2 N–H and O–H groups in total. The van der Waals surface area contributed by atoms with E-state index in [1.165, 1.54) is 16.7 Å². The molecule has 0 saturated heterocycles. The summed E-state index contributed by atoms with van der Waals surface area (Å²) < 4.78 is 22.6. The molecule has 1 atom stereocenters. The molecule has 1 amide bonds. The summed E-state index contributed by atoms with van der Waals surface area (Å²) in [6.07, 6.45) is 2.52. The van der Waals surface area contributed by atoms with E-state index in [4.69, 9.17) is 0 Å². The zero-order chi connectivity index (χ0) is 19.6. The number of halogens is 1. The molecule has 0 aromatic heterocycles. The minimum absolute atomic E-state index is 0. The van der Waals surface area contributed by atoms with Crippen LogP contribution in [-0.2, 0) is 21.1 Å². The summed E-state index contributed by atoms with van der Waals surface area (Å²) in [4.78, 5) is 17.6. The van der Waals surface area contributed by atoms with E-state index in [2.05, 4.69) is 27.8 Å². The van der Waals surface area contributed by atoms with Gasteiger partial charge < -0.3 is 15.5 Å². The fourth-order valence-corrected chi connectivity index (χ4v) is 2.89. The van der Waals surface area contributed by atoms with Crippen LogP contribution in [0.1, 0.15) is 18.9 Å². The van der Waals surface area contributed by atoms with Crippen molar-refractivity contribution in [2.75, 3.05) is 39.2 Å². The van der Waals surface area contributed by atoms with Crippen molar-refractivity contribution in [3.63, 3.8) is 0 Å². The lowest BCUT2D eigenvalue weighted by atomic mass is 10.1. The van der Waals surface area contributed by atoms with Gasteiger partial charge in [-0.1, -0.05) is 30.3 Å². The van der Waals surface area contributed by atoms with Crippen LogP contribution in [0, 0.1) is 0 Å². The molecular formula is C18H31IN4O3S. The van der Waals surface area contributed by atoms with Crippen molar-refractivity contribution in [2.45, 2.75) is 25.8 Å². The molecule has 0 bridgehead atoms. The quantitative estimate of drug-likeness (QED) is 0.297. The average molecular weight is 510 g/mol.